The summed E-state index contributed by atoms with van der Waals surface area (Å²) in [6, 6.07) is 9.30. The Morgan fingerprint density at radius 3 is 2.91 bits per heavy atom. The van der Waals surface area contributed by atoms with Crippen LogP contribution < -0.4 is 9.47 Å². The van der Waals surface area contributed by atoms with E-state index in [4.69, 9.17) is 13.9 Å². The Balaban J connectivity index is 1.51. The minimum atomic E-state index is -0.0436. The van der Waals surface area contributed by atoms with Crippen molar-refractivity contribution in [1.29, 1.82) is 0 Å². The summed E-state index contributed by atoms with van der Waals surface area (Å²) >= 11 is 1.37. The Morgan fingerprint density at radius 1 is 1.31 bits per heavy atom. The van der Waals surface area contributed by atoms with Crippen molar-refractivity contribution in [3.8, 4) is 23.1 Å². The summed E-state index contributed by atoms with van der Waals surface area (Å²) in [4.78, 5) is 15.1. The predicted octanol–water partition coefficient (Wildman–Crippen LogP) is 4.20. The molecule has 0 radical (unpaired) electrons. The molecule has 168 valence electrons. The van der Waals surface area contributed by atoms with Gasteiger partial charge >= 0.3 is 0 Å². The van der Waals surface area contributed by atoms with Gasteiger partial charge in [-0.1, -0.05) is 17.8 Å². The molecule has 4 rings (SSSR count). The van der Waals surface area contributed by atoms with E-state index >= 15 is 0 Å². The molecule has 2 aromatic heterocycles. The first-order valence-electron chi connectivity index (χ1n) is 10.4. The number of allylic oxidation sites excluding steroid dienone is 1. The number of rotatable bonds is 9. The molecule has 1 fully saturated rings. The number of carbonyl (C=O) groups is 1. The SMILES string of the molecule is C=CCn1c(SCC(=O)N2CCC[C@H]2c2cc(OC)ccc2OC)nnc1-c1ccco1. The van der Waals surface area contributed by atoms with Crippen molar-refractivity contribution in [2.45, 2.75) is 30.6 Å². The number of methoxy groups -OCH3 is 2. The van der Waals surface area contributed by atoms with E-state index in [0.29, 0.717) is 29.8 Å². The molecule has 0 N–H and O–H groups in total. The van der Waals surface area contributed by atoms with Gasteiger partial charge in [0.2, 0.25) is 11.7 Å². The van der Waals surface area contributed by atoms with Gasteiger partial charge in [0.1, 0.15) is 11.5 Å². The van der Waals surface area contributed by atoms with E-state index in [-0.39, 0.29) is 17.7 Å². The molecule has 3 aromatic rings. The molecule has 0 unspecified atom stereocenters. The minimum Gasteiger partial charge on any atom is -0.497 e. The van der Waals surface area contributed by atoms with Gasteiger partial charge in [0, 0.05) is 18.7 Å². The standard InChI is InChI=1S/C23H26N4O4S/c1-4-11-27-22(20-8-6-13-31-20)24-25-23(27)32-15-21(28)26-12-5-7-18(26)17-14-16(29-2)9-10-19(17)30-3/h4,6,8-10,13-14,18H,1,5,7,11-12,15H2,2-3H3/t18-/m0/s1. The zero-order valence-electron chi connectivity index (χ0n) is 18.2. The van der Waals surface area contributed by atoms with Crippen LogP contribution in [0.4, 0.5) is 0 Å². The first-order chi connectivity index (χ1) is 15.7. The molecule has 1 saturated heterocycles. The third-order valence-corrected chi connectivity index (χ3v) is 6.42. The van der Waals surface area contributed by atoms with Crippen molar-refractivity contribution < 1.29 is 18.7 Å². The average Bonchev–Trinajstić information content (AvgIpc) is 3.58. The van der Waals surface area contributed by atoms with E-state index in [0.717, 1.165) is 29.9 Å². The number of furan rings is 1. The van der Waals surface area contributed by atoms with E-state index in [9.17, 15) is 4.79 Å². The lowest BCUT2D eigenvalue weighted by Crippen LogP contribution is -2.32. The van der Waals surface area contributed by atoms with Crippen LogP contribution in [-0.4, -0.2) is 52.1 Å². The zero-order chi connectivity index (χ0) is 22.5. The molecule has 3 heterocycles. The van der Waals surface area contributed by atoms with Gasteiger partial charge < -0.3 is 18.8 Å². The van der Waals surface area contributed by atoms with Crippen molar-refractivity contribution in [3.05, 3.63) is 54.8 Å². The molecular weight excluding hydrogens is 428 g/mol. The average molecular weight is 455 g/mol. The van der Waals surface area contributed by atoms with E-state index in [1.165, 1.54) is 11.8 Å². The lowest BCUT2D eigenvalue weighted by atomic mass is 10.0. The smallest absolute Gasteiger partial charge is 0.233 e. The van der Waals surface area contributed by atoms with Crippen LogP contribution in [0, 0.1) is 0 Å². The number of carbonyl (C=O) groups excluding carboxylic acids is 1. The topological polar surface area (TPSA) is 82.6 Å². The molecule has 1 aliphatic rings. The number of hydrogen-bond donors (Lipinski definition) is 0. The van der Waals surface area contributed by atoms with Gasteiger partial charge in [-0.05, 0) is 43.2 Å². The Labute approximate surface area is 191 Å². The Bertz CT molecular complexity index is 1080. The summed E-state index contributed by atoms with van der Waals surface area (Å²) in [7, 11) is 3.28. The summed E-state index contributed by atoms with van der Waals surface area (Å²) in [5.74, 6) is 3.06. The maximum atomic E-state index is 13.2. The number of ether oxygens (including phenoxy) is 2. The molecule has 1 amide bonds. The molecule has 0 spiro atoms. The molecule has 9 heteroatoms. The van der Waals surface area contributed by atoms with Gasteiger partial charge in [-0.15, -0.1) is 16.8 Å². The van der Waals surface area contributed by atoms with Crippen molar-refractivity contribution in [2.75, 3.05) is 26.5 Å². The van der Waals surface area contributed by atoms with E-state index in [1.807, 2.05) is 33.7 Å². The van der Waals surface area contributed by atoms with Crippen LogP contribution in [-0.2, 0) is 11.3 Å². The highest BCUT2D eigenvalue weighted by atomic mass is 32.2. The lowest BCUT2D eigenvalue weighted by Gasteiger charge is -2.26. The number of aromatic nitrogens is 3. The minimum absolute atomic E-state index is 0.0436. The molecule has 8 nitrogen and oxygen atoms in total. The second kappa shape index (κ2) is 9.95. The van der Waals surface area contributed by atoms with Gasteiger partial charge in [-0.3, -0.25) is 9.36 Å². The first kappa shape index (κ1) is 22.0. The van der Waals surface area contributed by atoms with Crippen LogP contribution in [0.2, 0.25) is 0 Å². The maximum Gasteiger partial charge on any atom is 0.233 e. The number of likely N-dealkylation sites (tertiary alicyclic amines) is 1. The number of thioether (sulfide) groups is 1. The molecular formula is C23H26N4O4S. The summed E-state index contributed by atoms with van der Waals surface area (Å²) in [6.45, 7) is 5.05. The Kier molecular flexibility index (Phi) is 6.84. The molecule has 0 bridgehead atoms. The number of nitrogens with zero attached hydrogens (tertiary/aromatic N) is 4. The summed E-state index contributed by atoms with van der Waals surface area (Å²) in [5.41, 5.74) is 0.970. The predicted molar refractivity (Wildman–Crippen MR) is 122 cm³/mol. The highest BCUT2D eigenvalue weighted by molar-refractivity contribution is 7.99. The van der Waals surface area contributed by atoms with E-state index in [1.54, 1.807) is 32.6 Å². The van der Waals surface area contributed by atoms with Crippen LogP contribution in [0.5, 0.6) is 11.5 Å². The van der Waals surface area contributed by atoms with Gasteiger partial charge in [0.25, 0.3) is 0 Å². The molecule has 1 aliphatic heterocycles. The molecule has 1 aromatic carbocycles. The van der Waals surface area contributed by atoms with Crippen LogP contribution in [0.3, 0.4) is 0 Å². The Morgan fingerprint density at radius 2 is 2.19 bits per heavy atom. The van der Waals surface area contributed by atoms with E-state index < -0.39 is 0 Å². The Hall–Kier alpha value is -3.20. The van der Waals surface area contributed by atoms with Crippen molar-refractivity contribution >= 4 is 17.7 Å². The third kappa shape index (κ3) is 4.38. The monoisotopic (exact) mass is 454 g/mol. The van der Waals surface area contributed by atoms with Crippen molar-refractivity contribution in [2.24, 2.45) is 0 Å². The van der Waals surface area contributed by atoms with Crippen LogP contribution >= 0.6 is 11.8 Å². The van der Waals surface area contributed by atoms with Crippen LogP contribution in [0.1, 0.15) is 24.4 Å². The van der Waals surface area contributed by atoms with E-state index in [2.05, 4.69) is 16.8 Å². The fourth-order valence-corrected chi connectivity index (χ4v) is 4.81. The molecule has 0 aliphatic carbocycles. The van der Waals surface area contributed by atoms with Gasteiger partial charge in [-0.25, -0.2) is 0 Å². The molecule has 32 heavy (non-hydrogen) atoms. The maximum absolute atomic E-state index is 13.2. The summed E-state index contributed by atoms with van der Waals surface area (Å²) < 4.78 is 18.3. The van der Waals surface area contributed by atoms with Crippen molar-refractivity contribution in [3.63, 3.8) is 0 Å². The van der Waals surface area contributed by atoms with Gasteiger partial charge in [0.05, 0.1) is 32.3 Å². The summed E-state index contributed by atoms with van der Waals surface area (Å²) in [5, 5.41) is 9.18. The second-order valence-electron chi connectivity index (χ2n) is 7.32. The molecule has 1 atom stereocenters. The van der Waals surface area contributed by atoms with Crippen molar-refractivity contribution in [1.82, 2.24) is 19.7 Å². The first-order valence-corrected chi connectivity index (χ1v) is 11.4. The fourth-order valence-electron chi connectivity index (χ4n) is 3.97. The summed E-state index contributed by atoms with van der Waals surface area (Å²) in [6.07, 6.45) is 5.19. The quantitative estimate of drug-likeness (QED) is 0.354. The third-order valence-electron chi connectivity index (χ3n) is 5.46. The van der Waals surface area contributed by atoms with Gasteiger partial charge in [-0.2, -0.15) is 0 Å². The highest BCUT2D eigenvalue weighted by Crippen LogP contribution is 2.39. The number of amides is 1. The lowest BCUT2D eigenvalue weighted by molar-refractivity contribution is -0.129. The largest absolute Gasteiger partial charge is 0.497 e. The fraction of sp³-hybridized carbons (Fsp3) is 0.348. The number of benzene rings is 1. The second-order valence-corrected chi connectivity index (χ2v) is 8.27. The molecule has 0 saturated carbocycles. The van der Waals surface area contributed by atoms with Gasteiger partial charge in [0.15, 0.2) is 10.9 Å². The zero-order valence-corrected chi connectivity index (χ0v) is 19.0. The van der Waals surface area contributed by atoms with Crippen LogP contribution in [0.15, 0.2) is 58.8 Å². The number of hydrogen-bond acceptors (Lipinski definition) is 7. The highest BCUT2D eigenvalue weighted by Gasteiger charge is 2.32. The van der Waals surface area contributed by atoms with Crippen LogP contribution in [0.25, 0.3) is 11.6 Å². The normalized spacial score (nSPS) is 15.7.